The van der Waals surface area contributed by atoms with Crippen molar-refractivity contribution in [3.8, 4) is 0 Å². The molecule has 0 fully saturated rings. The molecule has 0 rings (SSSR count). The van der Waals surface area contributed by atoms with E-state index < -0.39 is 12.0 Å². The molecule has 0 radical (unpaired) electrons. The molecule has 0 bridgehead atoms. The summed E-state index contributed by atoms with van der Waals surface area (Å²) in [4.78, 5) is 36.0. The third kappa shape index (κ3) is 31.9. The van der Waals surface area contributed by atoms with Crippen LogP contribution >= 0.6 is 0 Å². The zero-order valence-electron chi connectivity index (χ0n) is 30.4. The first-order valence-corrected chi connectivity index (χ1v) is 19.3. The molecule has 0 saturated heterocycles. The quantitative estimate of drug-likeness (QED) is 0.0359. The van der Waals surface area contributed by atoms with Crippen molar-refractivity contribution in [1.82, 2.24) is 5.32 Å². The summed E-state index contributed by atoms with van der Waals surface area (Å²) >= 11 is 0. The molecule has 0 heterocycles. The lowest BCUT2D eigenvalue weighted by Gasteiger charge is -2.15. The maximum Gasteiger partial charge on any atom is 0.326 e. The van der Waals surface area contributed by atoms with Crippen LogP contribution in [-0.4, -0.2) is 41.6 Å². The average molecular weight is 661 g/mol. The van der Waals surface area contributed by atoms with E-state index in [2.05, 4.69) is 55.6 Å². The van der Waals surface area contributed by atoms with Gasteiger partial charge in [0.15, 0.2) is 0 Å². The van der Waals surface area contributed by atoms with E-state index in [9.17, 15) is 19.5 Å². The Morgan fingerprint density at radius 1 is 0.638 bits per heavy atom. The predicted molar refractivity (Wildman–Crippen MR) is 197 cm³/mol. The van der Waals surface area contributed by atoms with Crippen molar-refractivity contribution in [3.63, 3.8) is 0 Å². The molecule has 47 heavy (non-hydrogen) atoms. The Hall–Kier alpha value is -2.41. The molecule has 0 aliphatic heterocycles. The van der Waals surface area contributed by atoms with E-state index in [1.807, 2.05) is 0 Å². The van der Waals surface area contributed by atoms with Gasteiger partial charge in [-0.15, -0.1) is 0 Å². The van der Waals surface area contributed by atoms with Crippen LogP contribution in [0.2, 0.25) is 0 Å². The Kier molecular flexibility index (Phi) is 33.1. The number of allylic oxidation sites excluding steroid dienone is 5. The van der Waals surface area contributed by atoms with Crippen molar-refractivity contribution in [1.29, 1.82) is 0 Å². The van der Waals surface area contributed by atoms with Gasteiger partial charge in [0, 0.05) is 12.8 Å². The van der Waals surface area contributed by atoms with Crippen LogP contribution in [0.3, 0.4) is 0 Å². The summed E-state index contributed by atoms with van der Waals surface area (Å²) < 4.78 is 5.84. The number of carboxylic acid groups (broad SMARTS) is 1. The van der Waals surface area contributed by atoms with Crippen LogP contribution in [0.15, 0.2) is 36.5 Å². The number of carbonyl (C=O) groups excluding carboxylic acids is 2. The van der Waals surface area contributed by atoms with Crippen LogP contribution in [0.25, 0.3) is 0 Å². The number of carbonyl (C=O) groups is 3. The van der Waals surface area contributed by atoms with E-state index in [4.69, 9.17) is 10.5 Å². The maximum absolute atomic E-state index is 12.6. The van der Waals surface area contributed by atoms with Crippen LogP contribution in [0.4, 0.5) is 0 Å². The lowest BCUT2D eigenvalue weighted by molar-refractivity contribution is -0.147. The molecule has 1 amide bonds. The lowest BCUT2D eigenvalue weighted by Crippen LogP contribution is -2.40. The molecule has 0 saturated carbocycles. The number of ether oxygens (including phenoxy) is 1. The van der Waals surface area contributed by atoms with Gasteiger partial charge in [-0.05, 0) is 89.7 Å². The summed E-state index contributed by atoms with van der Waals surface area (Å²) in [5.41, 5.74) is 5.46. The normalized spacial score (nSPS) is 13.1. The Bertz CT molecular complexity index is 838. The van der Waals surface area contributed by atoms with E-state index in [1.165, 1.54) is 70.6 Å². The van der Waals surface area contributed by atoms with Crippen LogP contribution in [-0.2, 0) is 19.1 Å². The number of hydrogen-bond acceptors (Lipinski definition) is 5. The van der Waals surface area contributed by atoms with Crippen LogP contribution in [0.1, 0.15) is 181 Å². The minimum absolute atomic E-state index is 0.104. The minimum Gasteiger partial charge on any atom is -0.480 e. The highest BCUT2D eigenvalue weighted by Gasteiger charge is 2.19. The zero-order chi connectivity index (χ0) is 34.6. The largest absolute Gasteiger partial charge is 0.480 e. The topological polar surface area (TPSA) is 119 Å². The van der Waals surface area contributed by atoms with Gasteiger partial charge in [0.05, 0.1) is 0 Å². The standard InChI is InChI=1S/C40H72N2O5/c1-3-5-7-9-10-11-12-13-14-15-16-17-18-19-20-21-22-28-34-39(44)47-36(30-25-8-6-4-2)31-26-23-24-27-33-38(43)42-37(40(45)46)32-29-35-41/h11-12,14-15,25,30,36-37H,3-10,13,16-24,26-29,31-35,41H2,1-2H3,(H,42,43)(H,45,46)/b12-11-,15-14-,30-25-. The molecule has 4 N–H and O–H groups in total. The molecule has 0 aromatic rings. The van der Waals surface area contributed by atoms with Gasteiger partial charge < -0.3 is 20.9 Å². The fraction of sp³-hybridized carbons (Fsp3) is 0.775. The van der Waals surface area contributed by atoms with E-state index in [0.29, 0.717) is 38.6 Å². The van der Waals surface area contributed by atoms with E-state index in [1.54, 1.807) is 0 Å². The van der Waals surface area contributed by atoms with Gasteiger partial charge in [-0.1, -0.05) is 121 Å². The number of nitrogens with two attached hydrogens (primary N) is 1. The summed E-state index contributed by atoms with van der Waals surface area (Å²) in [6, 6.07) is -0.869. The minimum atomic E-state index is -1.02. The molecule has 2 unspecified atom stereocenters. The van der Waals surface area contributed by atoms with Gasteiger partial charge >= 0.3 is 11.9 Å². The summed E-state index contributed by atoms with van der Waals surface area (Å²) in [6.45, 7) is 4.83. The molecule has 0 aliphatic carbocycles. The van der Waals surface area contributed by atoms with Crippen molar-refractivity contribution in [2.75, 3.05) is 6.54 Å². The Morgan fingerprint density at radius 3 is 1.81 bits per heavy atom. The molecular formula is C40H72N2O5. The zero-order valence-corrected chi connectivity index (χ0v) is 30.4. The monoisotopic (exact) mass is 661 g/mol. The smallest absolute Gasteiger partial charge is 0.326 e. The number of carboxylic acids is 1. The van der Waals surface area contributed by atoms with Gasteiger partial charge in [0.2, 0.25) is 5.91 Å². The molecule has 2 atom stereocenters. The van der Waals surface area contributed by atoms with Crippen molar-refractivity contribution in [2.45, 2.75) is 193 Å². The van der Waals surface area contributed by atoms with Gasteiger partial charge in [-0.25, -0.2) is 4.79 Å². The number of amides is 1. The first kappa shape index (κ1) is 44.6. The third-order valence-corrected chi connectivity index (χ3v) is 8.41. The summed E-state index contributed by atoms with van der Waals surface area (Å²) in [7, 11) is 0. The highest BCUT2D eigenvalue weighted by atomic mass is 16.5. The molecule has 7 heteroatoms. The van der Waals surface area contributed by atoms with Crippen molar-refractivity contribution < 1.29 is 24.2 Å². The Morgan fingerprint density at radius 2 is 1.19 bits per heavy atom. The van der Waals surface area contributed by atoms with E-state index >= 15 is 0 Å². The third-order valence-electron chi connectivity index (χ3n) is 8.41. The molecule has 0 aliphatic rings. The Labute approximate surface area is 288 Å². The SMILES string of the molecule is CCCC/C=C\C(CCCCCCC(=O)NC(CCCN)C(=O)O)OC(=O)CCCCCCCCC/C=C\C/C=C\CCCCCC. The van der Waals surface area contributed by atoms with Crippen molar-refractivity contribution >= 4 is 17.8 Å². The summed E-state index contributed by atoms with van der Waals surface area (Å²) in [5.74, 6) is -1.35. The first-order chi connectivity index (χ1) is 22.9. The maximum atomic E-state index is 12.6. The molecule has 0 aromatic heterocycles. The molecule has 272 valence electrons. The number of aliphatic carboxylic acids is 1. The highest BCUT2D eigenvalue weighted by Crippen LogP contribution is 2.15. The first-order valence-electron chi connectivity index (χ1n) is 19.3. The van der Waals surface area contributed by atoms with Crippen molar-refractivity contribution in [2.24, 2.45) is 5.73 Å². The van der Waals surface area contributed by atoms with Gasteiger partial charge in [0.25, 0.3) is 0 Å². The van der Waals surface area contributed by atoms with Crippen LogP contribution in [0, 0.1) is 0 Å². The summed E-state index contributed by atoms with van der Waals surface area (Å²) in [6.07, 6.45) is 39.4. The molecule has 7 nitrogen and oxygen atoms in total. The van der Waals surface area contributed by atoms with Crippen LogP contribution < -0.4 is 11.1 Å². The van der Waals surface area contributed by atoms with Crippen molar-refractivity contribution in [3.05, 3.63) is 36.5 Å². The molecule has 0 aromatic carbocycles. The van der Waals surface area contributed by atoms with Gasteiger partial charge in [-0.2, -0.15) is 0 Å². The van der Waals surface area contributed by atoms with Crippen LogP contribution in [0.5, 0.6) is 0 Å². The number of esters is 1. The van der Waals surface area contributed by atoms with Gasteiger partial charge in [0.1, 0.15) is 12.1 Å². The number of nitrogens with one attached hydrogen (secondary N) is 1. The second kappa shape index (κ2) is 34.9. The number of rotatable bonds is 34. The second-order valence-corrected chi connectivity index (χ2v) is 13.0. The van der Waals surface area contributed by atoms with E-state index in [-0.39, 0.29) is 18.0 Å². The lowest BCUT2D eigenvalue weighted by atomic mass is 10.1. The fourth-order valence-electron chi connectivity index (χ4n) is 5.43. The summed E-state index contributed by atoms with van der Waals surface area (Å²) in [5, 5.41) is 11.9. The second-order valence-electron chi connectivity index (χ2n) is 13.0. The molecular weight excluding hydrogens is 588 g/mol. The predicted octanol–water partition coefficient (Wildman–Crippen LogP) is 10.3. The average Bonchev–Trinajstić information content (AvgIpc) is 3.05. The number of unbranched alkanes of at least 4 members (excludes halogenated alkanes) is 16. The Balaban J connectivity index is 4.04. The molecule has 0 spiro atoms. The van der Waals surface area contributed by atoms with Gasteiger partial charge in [-0.3, -0.25) is 9.59 Å². The fourth-order valence-corrected chi connectivity index (χ4v) is 5.43. The highest BCUT2D eigenvalue weighted by molar-refractivity contribution is 5.83. The number of hydrogen-bond donors (Lipinski definition) is 3. The van der Waals surface area contributed by atoms with E-state index in [0.717, 1.165) is 64.2 Å².